The molecule has 0 saturated carbocycles. The Labute approximate surface area is 210 Å². The highest BCUT2D eigenvalue weighted by Crippen LogP contribution is 2.33. The van der Waals surface area contributed by atoms with E-state index in [4.69, 9.17) is 0 Å². The summed E-state index contributed by atoms with van der Waals surface area (Å²) >= 11 is 1.66. The molecule has 3 heterocycles. The fraction of sp³-hybridized carbons (Fsp3) is 0.519. The van der Waals surface area contributed by atoms with E-state index in [1.54, 1.807) is 22.2 Å². The molecule has 3 aromatic rings. The number of piperazine rings is 1. The van der Waals surface area contributed by atoms with E-state index >= 15 is 0 Å². The smallest absolute Gasteiger partial charge is 0.262 e. The summed E-state index contributed by atoms with van der Waals surface area (Å²) in [5.41, 5.74) is 3.82. The van der Waals surface area contributed by atoms with Gasteiger partial charge in [0.2, 0.25) is 5.91 Å². The lowest BCUT2D eigenvalue weighted by Gasteiger charge is -2.36. The van der Waals surface area contributed by atoms with Crippen molar-refractivity contribution in [2.45, 2.75) is 52.0 Å². The molecule has 2 aromatic heterocycles. The number of rotatable bonds is 8. The van der Waals surface area contributed by atoms with E-state index in [-0.39, 0.29) is 11.5 Å². The zero-order valence-corrected chi connectivity index (χ0v) is 21.4. The van der Waals surface area contributed by atoms with Crippen LogP contribution in [-0.4, -0.2) is 59.6 Å². The Bertz CT molecular complexity index is 1240. The number of thiophene rings is 1. The zero-order chi connectivity index (χ0) is 24.2. The molecule has 1 fully saturated rings. The molecule has 2 aliphatic rings. The molecule has 0 unspecified atom stereocenters. The molecule has 1 amide bonds. The van der Waals surface area contributed by atoms with E-state index in [2.05, 4.69) is 51.3 Å². The van der Waals surface area contributed by atoms with E-state index in [0.29, 0.717) is 19.5 Å². The van der Waals surface area contributed by atoms with Gasteiger partial charge < -0.3 is 10.2 Å². The van der Waals surface area contributed by atoms with Crippen LogP contribution in [-0.2, 0) is 24.2 Å². The van der Waals surface area contributed by atoms with Crippen LogP contribution in [0, 0.1) is 6.92 Å². The number of hydrogen-bond acceptors (Lipinski definition) is 6. The summed E-state index contributed by atoms with van der Waals surface area (Å²) in [7, 11) is 0. The number of aryl methyl sites for hydroxylation is 4. The van der Waals surface area contributed by atoms with Crippen molar-refractivity contribution < 1.29 is 4.79 Å². The van der Waals surface area contributed by atoms with Gasteiger partial charge in [-0.15, -0.1) is 11.3 Å². The summed E-state index contributed by atoms with van der Waals surface area (Å²) in [4.78, 5) is 37.0. The second-order valence-electron chi connectivity index (χ2n) is 9.76. The number of carbonyl (C=O) groups excluding carboxylic acids is 1. The maximum Gasteiger partial charge on any atom is 0.262 e. The third-order valence-corrected chi connectivity index (χ3v) is 8.43. The van der Waals surface area contributed by atoms with Crippen molar-refractivity contribution in [1.29, 1.82) is 0 Å². The van der Waals surface area contributed by atoms with E-state index in [9.17, 15) is 9.59 Å². The van der Waals surface area contributed by atoms with Gasteiger partial charge in [0.15, 0.2) is 0 Å². The van der Waals surface area contributed by atoms with Crippen molar-refractivity contribution in [3.8, 4) is 0 Å². The average Bonchev–Trinajstić information content (AvgIpc) is 3.26. The normalized spacial score (nSPS) is 16.4. The van der Waals surface area contributed by atoms with Crippen molar-refractivity contribution >= 4 is 33.1 Å². The predicted molar refractivity (Wildman–Crippen MR) is 143 cm³/mol. The number of benzene rings is 1. The van der Waals surface area contributed by atoms with Gasteiger partial charge in [0.25, 0.3) is 5.56 Å². The van der Waals surface area contributed by atoms with Crippen molar-refractivity contribution in [1.82, 2.24) is 19.8 Å². The Kier molecular flexibility index (Phi) is 7.48. The molecule has 7 nitrogen and oxygen atoms in total. The molecule has 1 saturated heterocycles. The lowest BCUT2D eigenvalue weighted by Crippen LogP contribution is -2.47. The Morgan fingerprint density at radius 3 is 2.77 bits per heavy atom. The first kappa shape index (κ1) is 24.0. The highest BCUT2D eigenvalue weighted by atomic mass is 32.1. The molecule has 5 rings (SSSR count). The molecule has 0 bridgehead atoms. The van der Waals surface area contributed by atoms with Crippen LogP contribution in [0.4, 0.5) is 5.69 Å². The highest BCUT2D eigenvalue weighted by Gasteiger charge is 2.20. The lowest BCUT2D eigenvalue weighted by atomic mass is 9.97. The van der Waals surface area contributed by atoms with Crippen molar-refractivity contribution in [2.24, 2.45) is 0 Å². The molecular formula is C27H35N5O2S. The van der Waals surface area contributed by atoms with Crippen LogP contribution in [0.25, 0.3) is 10.2 Å². The van der Waals surface area contributed by atoms with Gasteiger partial charge in [-0.25, -0.2) is 4.98 Å². The molecule has 0 radical (unpaired) electrons. The molecule has 1 aliphatic carbocycles. The highest BCUT2D eigenvalue weighted by molar-refractivity contribution is 7.18. The van der Waals surface area contributed by atoms with Gasteiger partial charge in [0.1, 0.15) is 4.83 Å². The van der Waals surface area contributed by atoms with Gasteiger partial charge in [0, 0.05) is 56.3 Å². The van der Waals surface area contributed by atoms with E-state index in [1.165, 1.54) is 28.1 Å². The van der Waals surface area contributed by atoms with Gasteiger partial charge in [-0.1, -0.05) is 12.1 Å². The Morgan fingerprint density at radius 2 is 1.94 bits per heavy atom. The summed E-state index contributed by atoms with van der Waals surface area (Å²) < 4.78 is 1.61. The third kappa shape index (κ3) is 5.59. The van der Waals surface area contributed by atoms with E-state index in [1.807, 2.05) is 0 Å². The number of fused-ring (bicyclic) bond motifs is 3. The minimum atomic E-state index is -0.00592. The molecule has 1 aliphatic heterocycles. The predicted octanol–water partition coefficient (Wildman–Crippen LogP) is 3.36. The van der Waals surface area contributed by atoms with Gasteiger partial charge in [0.05, 0.1) is 11.7 Å². The first-order chi connectivity index (χ1) is 17.1. The number of anilines is 1. The quantitative estimate of drug-likeness (QED) is 0.488. The SMILES string of the molecule is Cc1cccc(N2CCN(CCCNC(=O)CCn3cnc4sc5c(c4c3=O)CCCC5)CC2)c1. The Balaban J connectivity index is 1.03. The summed E-state index contributed by atoms with van der Waals surface area (Å²) in [5.74, 6) is -0.00592. The topological polar surface area (TPSA) is 70.5 Å². The number of carbonyl (C=O) groups is 1. The third-order valence-electron chi connectivity index (χ3n) is 7.23. The first-order valence-corrected chi connectivity index (χ1v) is 13.7. The summed E-state index contributed by atoms with van der Waals surface area (Å²) in [5, 5.41) is 3.81. The van der Waals surface area contributed by atoms with Gasteiger partial charge >= 0.3 is 0 Å². The minimum Gasteiger partial charge on any atom is -0.369 e. The van der Waals surface area contributed by atoms with Gasteiger partial charge in [-0.3, -0.25) is 19.1 Å². The zero-order valence-electron chi connectivity index (χ0n) is 20.6. The fourth-order valence-electron chi connectivity index (χ4n) is 5.24. The van der Waals surface area contributed by atoms with E-state index in [0.717, 1.165) is 68.6 Å². The maximum absolute atomic E-state index is 13.0. The van der Waals surface area contributed by atoms with Gasteiger partial charge in [-0.2, -0.15) is 0 Å². The van der Waals surface area contributed by atoms with Gasteiger partial charge in [-0.05, 0) is 68.8 Å². The molecule has 186 valence electrons. The molecule has 1 aromatic carbocycles. The molecular weight excluding hydrogens is 458 g/mol. The van der Waals surface area contributed by atoms with Crippen molar-refractivity contribution in [3.05, 3.63) is 57.0 Å². The monoisotopic (exact) mass is 493 g/mol. The van der Waals surface area contributed by atoms with Crippen LogP contribution in [0.3, 0.4) is 0 Å². The second kappa shape index (κ2) is 10.9. The molecule has 1 N–H and O–H groups in total. The van der Waals surface area contributed by atoms with E-state index < -0.39 is 0 Å². The van der Waals surface area contributed by atoms with Crippen molar-refractivity contribution in [2.75, 3.05) is 44.2 Å². The van der Waals surface area contributed by atoms with Crippen LogP contribution in [0.15, 0.2) is 35.4 Å². The number of aromatic nitrogens is 2. The first-order valence-electron chi connectivity index (χ1n) is 12.9. The standard InChI is InChI=1S/C27H35N5O2S/c1-20-6-4-7-21(18-20)31-16-14-30(15-17-31)12-5-11-28-24(33)10-13-32-19-29-26-25(27(32)34)22-8-2-3-9-23(22)35-26/h4,6-7,18-19H,2-3,5,8-17H2,1H3,(H,28,33). The molecule has 8 heteroatoms. The fourth-order valence-corrected chi connectivity index (χ4v) is 6.46. The largest absolute Gasteiger partial charge is 0.369 e. The summed E-state index contributed by atoms with van der Waals surface area (Å²) in [6.45, 7) is 8.34. The van der Waals surface area contributed by atoms with Crippen LogP contribution >= 0.6 is 11.3 Å². The Hall–Kier alpha value is -2.71. The minimum absolute atomic E-state index is 0.00592. The summed E-state index contributed by atoms with van der Waals surface area (Å²) in [6, 6.07) is 8.70. The number of amides is 1. The number of hydrogen-bond donors (Lipinski definition) is 1. The maximum atomic E-state index is 13.0. The molecule has 0 atom stereocenters. The second-order valence-corrected chi connectivity index (χ2v) is 10.8. The number of nitrogens with one attached hydrogen (secondary N) is 1. The lowest BCUT2D eigenvalue weighted by molar-refractivity contribution is -0.121. The molecule has 35 heavy (non-hydrogen) atoms. The van der Waals surface area contributed by atoms with Crippen LogP contribution in [0.5, 0.6) is 0 Å². The summed E-state index contributed by atoms with van der Waals surface area (Å²) in [6.07, 6.45) is 7.20. The Morgan fingerprint density at radius 1 is 1.11 bits per heavy atom. The van der Waals surface area contributed by atoms with Crippen LogP contribution < -0.4 is 15.8 Å². The van der Waals surface area contributed by atoms with Crippen LogP contribution in [0.2, 0.25) is 0 Å². The van der Waals surface area contributed by atoms with Crippen LogP contribution in [0.1, 0.15) is 41.7 Å². The number of nitrogens with zero attached hydrogens (tertiary/aromatic N) is 4. The average molecular weight is 494 g/mol. The van der Waals surface area contributed by atoms with Crippen molar-refractivity contribution in [3.63, 3.8) is 0 Å². The molecule has 0 spiro atoms.